The molecule has 3 N–H and O–H groups in total. The van der Waals surface area contributed by atoms with Crippen molar-refractivity contribution in [2.75, 3.05) is 32.7 Å². The van der Waals surface area contributed by atoms with E-state index in [9.17, 15) is 19.2 Å². The predicted molar refractivity (Wildman–Crippen MR) is 207 cm³/mol. The van der Waals surface area contributed by atoms with Crippen LogP contribution in [0.4, 0.5) is 19.2 Å². The Labute approximate surface area is 312 Å². The fourth-order valence-electron chi connectivity index (χ4n) is 5.02. The normalized spacial score (nSPS) is 15.5. The van der Waals surface area contributed by atoms with Crippen molar-refractivity contribution < 1.29 is 33.4 Å². The highest BCUT2D eigenvalue weighted by molar-refractivity contribution is 6.03. The summed E-state index contributed by atoms with van der Waals surface area (Å²) >= 11 is 0. The molecule has 1 heterocycles. The van der Waals surface area contributed by atoms with Gasteiger partial charge in [-0.1, -0.05) is 63.5 Å². The van der Waals surface area contributed by atoms with Gasteiger partial charge in [-0.3, -0.25) is 25.9 Å². The molecule has 298 valence electrons. The van der Waals surface area contributed by atoms with E-state index < -0.39 is 35.1 Å². The van der Waals surface area contributed by atoms with Crippen LogP contribution in [0, 0.1) is 0 Å². The molecule has 0 fully saturated rings. The van der Waals surface area contributed by atoms with Crippen LogP contribution < -0.4 is 16.0 Å². The first-order valence-electron chi connectivity index (χ1n) is 18.9. The number of carbonyl (C=O) groups excluding carboxylic acids is 4. The molecule has 0 saturated carbocycles. The number of hydrogen-bond acceptors (Lipinski definition) is 9. The molecule has 0 aliphatic carbocycles. The zero-order valence-electron chi connectivity index (χ0n) is 33.9. The van der Waals surface area contributed by atoms with E-state index in [0.717, 1.165) is 77.0 Å². The summed E-state index contributed by atoms with van der Waals surface area (Å²) in [5, 5.41) is 8.07. The van der Waals surface area contributed by atoms with E-state index in [1.165, 1.54) is 4.90 Å². The number of amides is 5. The third kappa shape index (κ3) is 23.6. The second-order valence-electron chi connectivity index (χ2n) is 16.4. The third-order valence-corrected chi connectivity index (χ3v) is 7.25. The summed E-state index contributed by atoms with van der Waals surface area (Å²) < 4.78 is 16.4. The van der Waals surface area contributed by atoms with Gasteiger partial charge in [0.05, 0.1) is 6.54 Å². The van der Waals surface area contributed by atoms with E-state index in [4.69, 9.17) is 14.2 Å². The van der Waals surface area contributed by atoms with E-state index in [1.807, 2.05) is 0 Å². The lowest BCUT2D eigenvalue weighted by Gasteiger charge is -2.29. The lowest BCUT2D eigenvalue weighted by atomic mass is 10.1. The highest BCUT2D eigenvalue weighted by Gasteiger charge is 2.28. The molecule has 0 aromatic carbocycles. The zero-order valence-corrected chi connectivity index (χ0v) is 33.9. The van der Waals surface area contributed by atoms with E-state index in [-0.39, 0.29) is 24.5 Å². The van der Waals surface area contributed by atoms with E-state index in [0.29, 0.717) is 31.8 Å². The number of alkyl carbamates (subject to hydrolysis) is 2. The van der Waals surface area contributed by atoms with Crippen LogP contribution in [0.1, 0.15) is 146 Å². The van der Waals surface area contributed by atoms with Crippen LogP contribution in [0.5, 0.6) is 0 Å². The average molecular weight is 736 g/mol. The Bertz CT molecular complexity index is 1210. The van der Waals surface area contributed by atoms with Gasteiger partial charge < -0.3 is 19.1 Å². The Kier molecular flexibility index (Phi) is 20.4. The van der Waals surface area contributed by atoms with Gasteiger partial charge in [0.2, 0.25) is 11.9 Å². The van der Waals surface area contributed by atoms with Gasteiger partial charge >= 0.3 is 24.3 Å². The molecule has 52 heavy (non-hydrogen) atoms. The van der Waals surface area contributed by atoms with Crippen molar-refractivity contribution in [1.29, 1.82) is 0 Å². The topological polar surface area (TPSA) is 163 Å². The molecule has 0 atom stereocenters. The van der Waals surface area contributed by atoms with Gasteiger partial charge in [-0.05, 0) is 94.9 Å². The lowest BCUT2D eigenvalue weighted by Crippen LogP contribution is -2.50. The number of urea groups is 1. The highest BCUT2D eigenvalue weighted by Crippen LogP contribution is 2.14. The maximum absolute atomic E-state index is 13.3. The molecule has 1 aliphatic rings. The number of carbonyl (C=O) groups is 4. The average Bonchev–Trinajstić information content (AvgIpc) is 2.98. The molecule has 5 amide bonds. The van der Waals surface area contributed by atoms with Crippen molar-refractivity contribution in [3.05, 3.63) is 12.2 Å². The van der Waals surface area contributed by atoms with Crippen molar-refractivity contribution in [3.8, 4) is 0 Å². The fraction of sp³-hybridized carbons (Fsp3) is 0.789. The maximum Gasteiger partial charge on any atom is 0.417 e. The quantitative estimate of drug-likeness (QED) is 0.0632. The molecule has 0 aromatic heterocycles. The minimum atomic E-state index is -0.745. The molecular weight excluding hydrogens is 666 g/mol. The van der Waals surface area contributed by atoms with Crippen LogP contribution in [0.2, 0.25) is 0 Å². The van der Waals surface area contributed by atoms with Crippen molar-refractivity contribution in [1.82, 2.24) is 25.8 Å². The molecule has 14 heteroatoms. The molecule has 0 aromatic rings. The summed E-state index contributed by atoms with van der Waals surface area (Å²) in [6, 6.07) is -0.283. The molecule has 0 unspecified atom stereocenters. The summed E-state index contributed by atoms with van der Waals surface area (Å²) in [6.45, 7) is 23.9. The molecule has 0 bridgehead atoms. The number of ether oxygens (including phenoxy) is 3. The minimum absolute atomic E-state index is 0.0565. The molecular formula is C38H69N7O7. The maximum atomic E-state index is 13.3. The summed E-state index contributed by atoms with van der Waals surface area (Å²) in [4.78, 5) is 63.6. The monoisotopic (exact) mass is 736 g/mol. The fourth-order valence-corrected chi connectivity index (χ4v) is 5.02. The van der Waals surface area contributed by atoms with Gasteiger partial charge in [-0.25, -0.2) is 24.1 Å². The van der Waals surface area contributed by atoms with Crippen molar-refractivity contribution in [2.45, 2.75) is 163 Å². The summed E-state index contributed by atoms with van der Waals surface area (Å²) in [5.41, 5.74) is -1.46. The van der Waals surface area contributed by atoms with Gasteiger partial charge in [0.25, 0.3) is 0 Å². The standard InChI is InChI=1S/C38H69N7O7/c1-29(2)28-45(35(49)52-38(9,10)11)31(43-34(48)51-37(6,7)8)40-25-21-17-13-15-19-23-27-44-26-22-18-14-12-16-20-24-39-30(41-32(44)46)42-33(47)50-36(3,4)5/h1,12-28H2,2-11H3,(H,40,43,48)(H2,39,41,42,46,47). The van der Waals surface area contributed by atoms with Crippen LogP contribution in [-0.2, 0) is 14.2 Å². The molecule has 1 rings (SSSR count). The number of aliphatic imine (C=N–C) groups is 2. The van der Waals surface area contributed by atoms with E-state index >= 15 is 0 Å². The summed E-state index contributed by atoms with van der Waals surface area (Å²) in [7, 11) is 0. The predicted octanol–water partition coefficient (Wildman–Crippen LogP) is 8.27. The molecule has 0 radical (unpaired) electrons. The Hall–Kier alpha value is -3.84. The van der Waals surface area contributed by atoms with Gasteiger partial charge in [-0.15, -0.1) is 0 Å². The zero-order chi connectivity index (χ0) is 39.4. The van der Waals surface area contributed by atoms with Crippen LogP contribution in [0.25, 0.3) is 0 Å². The molecule has 0 spiro atoms. The Morgan fingerprint density at radius 2 is 1.35 bits per heavy atom. The number of rotatable bonds is 11. The van der Waals surface area contributed by atoms with Gasteiger partial charge in [-0.2, -0.15) is 0 Å². The third-order valence-electron chi connectivity index (χ3n) is 7.25. The smallest absolute Gasteiger partial charge is 0.417 e. The Morgan fingerprint density at radius 3 is 1.94 bits per heavy atom. The second kappa shape index (κ2) is 23.0. The molecule has 14 nitrogen and oxygen atoms in total. The van der Waals surface area contributed by atoms with E-state index in [2.05, 4.69) is 32.5 Å². The van der Waals surface area contributed by atoms with Crippen molar-refractivity contribution in [2.24, 2.45) is 9.98 Å². The first-order chi connectivity index (χ1) is 24.1. The molecule has 0 saturated heterocycles. The first-order valence-corrected chi connectivity index (χ1v) is 18.9. The van der Waals surface area contributed by atoms with Gasteiger partial charge in [0.1, 0.15) is 16.8 Å². The van der Waals surface area contributed by atoms with Crippen LogP contribution >= 0.6 is 0 Å². The summed E-state index contributed by atoms with van der Waals surface area (Å²) in [6.07, 6.45) is 9.52. The Balaban J connectivity index is 2.77. The lowest BCUT2D eigenvalue weighted by molar-refractivity contribution is 0.0368. The minimum Gasteiger partial charge on any atom is -0.444 e. The van der Waals surface area contributed by atoms with Crippen LogP contribution in [-0.4, -0.2) is 95.6 Å². The SMILES string of the molecule is C=C(C)CN(C(=O)OC(C)(C)C)C(=NCCCCCCCCN1CCCCCCCCN=C(NC(=O)OC(C)(C)C)NC1=O)NC(=O)OC(C)(C)C. The van der Waals surface area contributed by atoms with Gasteiger partial charge in [0.15, 0.2) is 0 Å². The van der Waals surface area contributed by atoms with Gasteiger partial charge in [0, 0.05) is 26.2 Å². The second-order valence-corrected chi connectivity index (χ2v) is 16.4. The summed E-state index contributed by atoms with van der Waals surface area (Å²) in [5.74, 6) is 0.172. The first kappa shape index (κ1) is 46.2. The number of guanidine groups is 2. The number of hydrogen-bond donors (Lipinski definition) is 3. The number of unbranched alkanes of at least 4 members (excludes halogenated alkanes) is 5. The van der Waals surface area contributed by atoms with Crippen molar-refractivity contribution in [3.63, 3.8) is 0 Å². The number of nitrogens with one attached hydrogen (secondary N) is 3. The Morgan fingerprint density at radius 1 is 0.808 bits per heavy atom. The van der Waals surface area contributed by atoms with E-state index in [1.54, 1.807) is 74.1 Å². The van der Waals surface area contributed by atoms with Crippen molar-refractivity contribution >= 4 is 36.2 Å². The molecule has 1 aliphatic heterocycles. The van der Waals surface area contributed by atoms with Crippen LogP contribution in [0.15, 0.2) is 22.1 Å². The van der Waals surface area contributed by atoms with Crippen LogP contribution in [0.3, 0.4) is 0 Å². The largest absolute Gasteiger partial charge is 0.444 e. The number of nitrogens with zero attached hydrogens (tertiary/aromatic N) is 4. The highest BCUT2D eigenvalue weighted by atomic mass is 16.6.